The largest absolute Gasteiger partial charge is 0.497 e. The Kier molecular flexibility index (Phi) is 17.3. The number of hydrogen-bond donors (Lipinski definition) is 0. The standard InChI is InChI=1S/C48H76O8Si5/c1-49-37-17-21-45(41(33-37)53-5)57(9,10)25-29-61(30-26-58(11,12)46-22-18-38(50-2)34-42(46)54-6,31-27-59(13,14)47-23-19-39(51-3)35-43(47)55-7)32-28-60(15,16)48-24-20-40(52-4)36-44(48)56-8/h17-24,33-36H,25-32H2,1-16H3. The zero-order valence-corrected chi connectivity index (χ0v) is 45.4. The van der Waals surface area contributed by atoms with Crippen molar-refractivity contribution in [2.75, 3.05) is 56.9 Å². The average molecular weight is 922 g/mol. The molecule has 0 bridgehead atoms. The van der Waals surface area contributed by atoms with Gasteiger partial charge in [-0.05, 0) is 45.0 Å². The fourth-order valence-electron chi connectivity index (χ4n) is 9.03. The Bertz CT molecular complexity index is 1760. The molecule has 336 valence electrons. The minimum absolute atomic E-state index is 0.831. The van der Waals surface area contributed by atoms with Crippen LogP contribution >= 0.6 is 0 Å². The van der Waals surface area contributed by atoms with E-state index >= 15 is 0 Å². The van der Waals surface area contributed by atoms with Gasteiger partial charge in [0.25, 0.3) is 0 Å². The molecule has 4 rings (SSSR count). The molecule has 0 spiro atoms. The molecule has 4 aromatic carbocycles. The van der Waals surface area contributed by atoms with Gasteiger partial charge in [0.05, 0.1) is 97.2 Å². The first-order chi connectivity index (χ1) is 28.8. The van der Waals surface area contributed by atoms with Crippen molar-refractivity contribution in [1.82, 2.24) is 0 Å². The Labute approximate surface area is 373 Å². The van der Waals surface area contributed by atoms with Crippen LogP contribution in [-0.2, 0) is 0 Å². The summed E-state index contributed by atoms with van der Waals surface area (Å²) in [4.78, 5) is 0. The molecule has 0 fully saturated rings. The zero-order valence-electron chi connectivity index (χ0n) is 40.4. The highest BCUT2D eigenvalue weighted by Gasteiger charge is 2.43. The van der Waals surface area contributed by atoms with E-state index in [0.29, 0.717) is 0 Å². The molecule has 0 heterocycles. The maximum absolute atomic E-state index is 6.06. The quantitative estimate of drug-likeness (QED) is 0.0644. The van der Waals surface area contributed by atoms with Crippen LogP contribution in [0.3, 0.4) is 0 Å². The maximum Gasteiger partial charge on any atom is 0.122 e. The molecule has 0 amide bonds. The van der Waals surface area contributed by atoms with Gasteiger partial charge in [0.1, 0.15) is 46.0 Å². The van der Waals surface area contributed by atoms with Crippen LogP contribution in [0.15, 0.2) is 72.8 Å². The molecule has 13 heteroatoms. The summed E-state index contributed by atoms with van der Waals surface area (Å²) in [6.07, 6.45) is 0. The van der Waals surface area contributed by atoms with Crippen molar-refractivity contribution in [2.45, 2.75) is 101 Å². The maximum atomic E-state index is 6.06. The first-order valence-corrected chi connectivity index (χ1v) is 37.3. The minimum Gasteiger partial charge on any atom is -0.497 e. The Morgan fingerprint density at radius 2 is 0.475 bits per heavy atom. The molecular weight excluding hydrogens is 845 g/mol. The summed E-state index contributed by atoms with van der Waals surface area (Å²) in [5, 5.41) is 5.47. The van der Waals surface area contributed by atoms with E-state index in [2.05, 4.69) is 125 Å². The first-order valence-electron chi connectivity index (χ1n) is 21.7. The summed E-state index contributed by atoms with van der Waals surface area (Å²) in [5.74, 6) is 7.12. The smallest absolute Gasteiger partial charge is 0.122 e. The van der Waals surface area contributed by atoms with Crippen LogP contribution in [0.1, 0.15) is 0 Å². The van der Waals surface area contributed by atoms with E-state index in [9.17, 15) is 0 Å². The van der Waals surface area contributed by atoms with E-state index < -0.39 is 40.4 Å². The van der Waals surface area contributed by atoms with Crippen LogP contribution in [-0.4, -0.2) is 97.2 Å². The number of methoxy groups -OCH3 is 8. The molecule has 0 unspecified atom stereocenters. The van der Waals surface area contributed by atoms with Gasteiger partial charge >= 0.3 is 0 Å². The number of benzene rings is 4. The molecule has 8 nitrogen and oxygen atoms in total. The van der Waals surface area contributed by atoms with Crippen molar-refractivity contribution in [1.29, 1.82) is 0 Å². The third-order valence-corrected chi connectivity index (χ3v) is 34.4. The molecule has 0 N–H and O–H groups in total. The molecule has 0 aliphatic carbocycles. The second-order valence-corrected chi connectivity index (χ2v) is 43.5. The lowest BCUT2D eigenvalue weighted by molar-refractivity contribution is 0.396. The molecule has 4 aromatic rings. The van der Waals surface area contributed by atoms with Gasteiger partial charge in [0, 0.05) is 24.3 Å². The van der Waals surface area contributed by atoms with Crippen molar-refractivity contribution >= 4 is 61.1 Å². The highest BCUT2D eigenvalue weighted by atomic mass is 28.3. The van der Waals surface area contributed by atoms with Crippen molar-refractivity contribution in [3.8, 4) is 46.0 Å². The summed E-state index contributed by atoms with van der Waals surface area (Å²) < 4.78 is 46.8. The van der Waals surface area contributed by atoms with E-state index in [4.69, 9.17) is 37.9 Å². The lowest BCUT2D eigenvalue weighted by atomic mass is 10.3. The average Bonchev–Trinajstić information content (AvgIpc) is 3.27. The molecule has 0 atom stereocenters. The molecule has 0 saturated carbocycles. The summed E-state index contributed by atoms with van der Waals surface area (Å²) in [7, 11) is 4.02. The lowest BCUT2D eigenvalue weighted by Crippen LogP contribution is -2.50. The SMILES string of the molecule is COc1ccc([Si](C)(C)CC[Si](CC[Si](C)(C)c2ccc(OC)cc2OC)(CC[Si](C)(C)c2ccc(OC)cc2OC)CC[Si](C)(C)c2ccc(OC)cc2OC)c(OC)c1. The van der Waals surface area contributed by atoms with E-state index in [0.717, 1.165) is 46.0 Å². The monoisotopic (exact) mass is 920 g/mol. The van der Waals surface area contributed by atoms with Gasteiger partial charge in [-0.25, -0.2) is 0 Å². The molecule has 0 aliphatic heterocycles. The Morgan fingerprint density at radius 3 is 0.639 bits per heavy atom. The third kappa shape index (κ3) is 12.3. The molecule has 0 saturated heterocycles. The highest BCUT2D eigenvalue weighted by molar-refractivity contribution is 6.97. The van der Waals surface area contributed by atoms with Crippen molar-refractivity contribution in [3.63, 3.8) is 0 Å². The number of rotatable bonds is 24. The summed E-state index contributed by atoms with van der Waals surface area (Å²) in [6, 6.07) is 35.7. The van der Waals surface area contributed by atoms with E-state index in [1.807, 2.05) is 0 Å². The summed E-state index contributed by atoms with van der Waals surface area (Å²) in [6.45, 7) is 20.3. The highest BCUT2D eigenvalue weighted by Crippen LogP contribution is 2.41. The number of ether oxygens (including phenoxy) is 8. The molecule has 0 aromatic heterocycles. The normalized spacial score (nSPS) is 12.5. The van der Waals surface area contributed by atoms with Crippen LogP contribution in [0, 0.1) is 0 Å². The lowest BCUT2D eigenvalue weighted by Gasteiger charge is -2.41. The van der Waals surface area contributed by atoms with Gasteiger partial charge in [-0.1, -0.05) is 125 Å². The van der Waals surface area contributed by atoms with Crippen molar-refractivity contribution < 1.29 is 37.9 Å². The molecule has 0 radical (unpaired) electrons. The molecule has 0 aliphatic rings. The van der Waals surface area contributed by atoms with Gasteiger partial charge in [0.2, 0.25) is 0 Å². The van der Waals surface area contributed by atoms with Gasteiger partial charge in [0.15, 0.2) is 0 Å². The van der Waals surface area contributed by atoms with Gasteiger partial charge in [-0.2, -0.15) is 0 Å². The second-order valence-electron chi connectivity index (χ2n) is 19.3. The van der Waals surface area contributed by atoms with Crippen LogP contribution < -0.4 is 58.6 Å². The van der Waals surface area contributed by atoms with Crippen molar-refractivity contribution in [2.24, 2.45) is 0 Å². The van der Waals surface area contributed by atoms with Crippen molar-refractivity contribution in [3.05, 3.63) is 72.8 Å². The van der Waals surface area contributed by atoms with Gasteiger partial charge < -0.3 is 37.9 Å². The molecule has 61 heavy (non-hydrogen) atoms. The van der Waals surface area contributed by atoms with Crippen LogP contribution in [0.4, 0.5) is 0 Å². The predicted molar refractivity (Wildman–Crippen MR) is 271 cm³/mol. The predicted octanol–water partition coefficient (Wildman–Crippen LogP) is 9.97. The zero-order chi connectivity index (χ0) is 45.2. The Hall–Kier alpha value is -3.64. The second kappa shape index (κ2) is 21.2. The van der Waals surface area contributed by atoms with Crippen LogP contribution in [0.25, 0.3) is 0 Å². The fraction of sp³-hybridized carbons (Fsp3) is 0.500. The number of hydrogen-bond acceptors (Lipinski definition) is 8. The van der Waals surface area contributed by atoms with Gasteiger partial charge in [-0.15, -0.1) is 0 Å². The van der Waals surface area contributed by atoms with Crippen LogP contribution in [0.2, 0.25) is 101 Å². The van der Waals surface area contributed by atoms with E-state index in [1.54, 1.807) is 56.9 Å². The van der Waals surface area contributed by atoms with Crippen LogP contribution in [0.5, 0.6) is 46.0 Å². The summed E-state index contributed by atoms with van der Waals surface area (Å²) in [5.41, 5.74) is 0. The van der Waals surface area contributed by atoms with E-state index in [-0.39, 0.29) is 0 Å². The third-order valence-electron chi connectivity index (χ3n) is 13.7. The summed E-state index contributed by atoms with van der Waals surface area (Å²) >= 11 is 0. The molecular formula is C48H76O8Si5. The Morgan fingerprint density at radius 1 is 0.279 bits per heavy atom. The van der Waals surface area contributed by atoms with E-state index in [1.165, 1.54) is 69.1 Å². The minimum atomic E-state index is -2.07. The Balaban J connectivity index is 1.86. The fourth-order valence-corrected chi connectivity index (χ4v) is 35.6. The first kappa shape index (κ1) is 50.0. The van der Waals surface area contributed by atoms with Gasteiger partial charge in [-0.3, -0.25) is 0 Å². The topological polar surface area (TPSA) is 73.8 Å².